The molecule has 2 rings (SSSR count). The smallest absolute Gasteiger partial charge is 0.176 e. The molecular weight excluding hydrogens is 388 g/mol. The maximum atomic E-state index is 10.3. The maximum Gasteiger partial charge on any atom is 0.176 e. The van der Waals surface area contributed by atoms with Gasteiger partial charge in [0, 0.05) is 28.4 Å². The fourth-order valence-electron chi connectivity index (χ4n) is 4.18. The molecule has 0 saturated carbocycles. The number of hydrogen-bond acceptors (Lipinski definition) is 11. The van der Waals surface area contributed by atoms with Crippen LogP contribution >= 0.6 is 0 Å². The monoisotopic (exact) mass is 424 g/mol. The van der Waals surface area contributed by atoms with Crippen molar-refractivity contribution in [2.75, 3.05) is 55.7 Å². The zero-order valence-corrected chi connectivity index (χ0v) is 17.9. The van der Waals surface area contributed by atoms with Crippen LogP contribution in [0.15, 0.2) is 0 Å². The number of aliphatic hydroxyl groups excluding tert-OH is 2. The Morgan fingerprint density at radius 2 is 1.28 bits per heavy atom. The van der Waals surface area contributed by atoms with Gasteiger partial charge in [-0.2, -0.15) is 0 Å². The van der Waals surface area contributed by atoms with E-state index in [0.29, 0.717) is 0 Å². The first-order chi connectivity index (χ1) is 14.0. The number of methoxy groups -OCH3 is 4. The number of aliphatic hydroxyl groups is 2. The molecule has 0 aromatic heterocycles. The molecule has 0 bridgehead atoms. The Bertz CT molecular complexity index is 475. The fourth-order valence-corrected chi connectivity index (χ4v) is 4.18. The highest BCUT2D eigenvalue weighted by atomic mass is 16.7. The summed E-state index contributed by atoms with van der Waals surface area (Å²) >= 11 is 0. The SMILES string of the molecule is CNC1[C@H](OCC2O[C@@H](O)C(NC)[C@@H](OC)[C@H]2OC)OC(CO)[C@H](OC)[C@@H]1OC. The molecule has 2 saturated heterocycles. The van der Waals surface area contributed by atoms with Gasteiger partial charge < -0.3 is 54.0 Å². The van der Waals surface area contributed by atoms with E-state index in [1.54, 1.807) is 42.5 Å². The summed E-state index contributed by atoms with van der Waals surface area (Å²) in [5.74, 6) is 0. The van der Waals surface area contributed by atoms with Gasteiger partial charge in [0.05, 0.1) is 25.3 Å². The third-order valence-electron chi connectivity index (χ3n) is 5.67. The van der Waals surface area contributed by atoms with Gasteiger partial charge in [0.15, 0.2) is 12.6 Å². The van der Waals surface area contributed by atoms with Crippen molar-refractivity contribution in [3.63, 3.8) is 0 Å². The van der Waals surface area contributed by atoms with Gasteiger partial charge in [0.1, 0.15) is 36.6 Å². The average molecular weight is 424 g/mol. The first-order valence-corrected chi connectivity index (χ1v) is 9.68. The van der Waals surface area contributed by atoms with Crippen LogP contribution < -0.4 is 10.6 Å². The molecule has 29 heavy (non-hydrogen) atoms. The van der Waals surface area contributed by atoms with Crippen LogP contribution in [-0.2, 0) is 33.2 Å². The molecule has 2 heterocycles. The van der Waals surface area contributed by atoms with Crippen molar-refractivity contribution in [1.29, 1.82) is 0 Å². The predicted octanol–water partition coefficient (Wildman–Crippen LogP) is -2.33. The first kappa shape index (κ1) is 24.8. The second-order valence-corrected chi connectivity index (χ2v) is 7.05. The van der Waals surface area contributed by atoms with E-state index in [0.717, 1.165) is 0 Å². The largest absolute Gasteiger partial charge is 0.394 e. The summed E-state index contributed by atoms with van der Waals surface area (Å²) in [7, 11) is 9.70. The average Bonchev–Trinajstić information content (AvgIpc) is 2.75. The molecule has 11 heteroatoms. The molecule has 4 unspecified atom stereocenters. The molecule has 172 valence electrons. The van der Waals surface area contributed by atoms with Crippen molar-refractivity contribution in [2.24, 2.45) is 0 Å². The zero-order chi connectivity index (χ0) is 21.6. The van der Waals surface area contributed by atoms with Crippen molar-refractivity contribution >= 4 is 0 Å². The zero-order valence-electron chi connectivity index (χ0n) is 17.9. The van der Waals surface area contributed by atoms with Crippen LogP contribution in [0.3, 0.4) is 0 Å². The van der Waals surface area contributed by atoms with Crippen molar-refractivity contribution in [3.8, 4) is 0 Å². The van der Waals surface area contributed by atoms with Gasteiger partial charge in [-0.3, -0.25) is 0 Å². The van der Waals surface area contributed by atoms with Gasteiger partial charge in [-0.05, 0) is 14.1 Å². The molecule has 0 radical (unpaired) electrons. The lowest BCUT2D eigenvalue weighted by molar-refractivity contribution is -0.304. The van der Waals surface area contributed by atoms with Gasteiger partial charge in [-0.25, -0.2) is 0 Å². The lowest BCUT2D eigenvalue weighted by Gasteiger charge is -2.46. The molecule has 4 N–H and O–H groups in total. The third-order valence-corrected chi connectivity index (χ3v) is 5.67. The van der Waals surface area contributed by atoms with E-state index in [1.807, 2.05) is 0 Å². The van der Waals surface area contributed by atoms with Crippen LogP contribution in [0.1, 0.15) is 0 Å². The molecule has 0 aliphatic carbocycles. The fraction of sp³-hybridized carbons (Fsp3) is 1.00. The Labute approximate surface area is 171 Å². The van der Waals surface area contributed by atoms with E-state index in [-0.39, 0.29) is 19.3 Å². The summed E-state index contributed by atoms with van der Waals surface area (Å²) in [5.41, 5.74) is 0. The molecule has 0 aromatic rings. The topological polar surface area (TPSA) is 129 Å². The van der Waals surface area contributed by atoms with Crippen LogP contribution in [0.5, 0.6) is 0 Å². The summed E-state index contributed by atoms with van der Waals surface area (Å²) < 4.78 is 39.8. The molecule has 2 fully saturated rings. The number of rotatable bonds is 10. The number of likely N-dealkylation sites (N-methyl/N-ethyl adjacent to an activating group) is 2. The van der Waals surface area contributed by atoms with Gasteiger partial charge in [0.25, 0.3) is 0 Å². The van der Waals surface area contributed by atoms with Gasteiger partial charge in [-0.15, -0.1) is 0 Å². The van der Waals surface area contributed by atoms with Gasteiger partial charge in [0.2, 0.25) is 0 Å². The molecule has 10 atom stereocenters. The highest BCUT2D eigenvalue weighted by molar-refractivity contribution is 4.97. The van der Waals surface area contributed by atoms with Crippen molar-refractivity contribution < 1.29 is 43.4 Å². The van der Waals surface area contributed by atoms with E-state index in [1.165, 1.54) is 0 Å². The standard InChI is InChI=1S/C18H36N2O9/c1-19-11-15(25-5)14(24-4)10(28-17(11)22)8-27-18-12(20-2)16(26-6)13(23-3)9(7-21)29-18/h9-22H,7-8H2,1-6H3/t9?,10?,11?,12?,13-,14-,15+,16+,17+,18+/m0/s1. The minimum atomic E-state index is -1.09. The molecular formula is C18H36N2O9. The van der Waals surface area contributed by atoms with Crippen molar-refractivity contribution in [1.82, 2.24) is 10.6 Å². The summed E-state index contributed by atoms with van der Waals surface area (Å²) in [6.45, 7) is -0.176. The summed E-state index contributed by atoms with van der Waals surface area (Å²) in [6.07, 6.45) is -4.83. The molecule has 0 aromatic carbocycles. The first-order valence-electron chi connectivity index (χ1n) is 9.68. The van der Waals surface area contributed by atoms with Crippen LogP contribution in [0.2, 0.25) is 0 Å². The van der Waals surface area contributed by atoms with Crippen LogP contribution in [0.25, 0.3) is 0 Å². The number of hydrogen-bond donors (Lipinski definition) is 4. The van der Waals surface area contributed by atoms with E-state index < -0.39 is 55.2 Å². The number of nitrogens with one attached hydrogen (secondary N) is 2. The highest BCUT2D eigenvalue weighted by Gasteiger charge is 2.49. The molecule has 11 nitrogen and oxygen atoms in total. The quantitative estimate of drug-likeness (QED) is 0.301. The van der Waals surface area contributed by atoms with Crippen LogP contribution in [0, 0.1) is 0 Å². The summed E-state index contributed by atoms with van der Waals surface area (Å²) in [5, 5.41) is 26.1. The summed E-state index contributed by atoms with van der Waals surface area (Å²) in [4.78, 5) is 0. The number of ether oxygens (including phenoxy) is 7. The third kappa shape index (κ3) is 5.25. The molecule has 0 spiro atoms. The highest BCUT2D eigenvalue weighted by Crippen LogP contribution is 2.28. The Balaban J connectivity index is 2.11. The minimum Gasteiger partial charge on any atom is -0.394 e. The van der Waals surface area contributed by atoms with E-state index in [2.05, 4.69) is 10.6 Å². The van der Waals surface area contributed by atoms with E-state index >= 15 is 0 Å². The second-order valence-electron chi connectivity index (χ2n) is 7.05. The van der Waals surface area contributed by atoms with E-state index in [9.17, 15) is 10.2 Å². The van der Waals surface area contributed by atoms with Crippen molar-refractivity contribution in [2.45, 2.75) is 61.3 Å². The Morgan fingerprint density at radius 1 is 0.759 bits per heavy atom. The Morgan fingerprint density at radius 3 is 1.76 bits per heavy atom. The lowest BCUT2D eigenvalue weighted by Crippen LogP contribution is -2.66. The van der Waals surface area contributed by atoms with E-state index in [4.69, 9.17) is 33.2 Å². The normalized spacial score (nSPS) is 43.4. The van der Waals surface area contributed by atoms with Gasteiger partial charge >= 0.3 is 0 Å². The predicted molar refractivity (Wildman–Crippen MR) is 101 cm³/mol. The Kier molecular flexibility index (Phi) is 10.1. The van der Waals surface area contributed by atoms with Crippen LogP contribution in [-0.4, -0.2) is 127 Å². The molecule has 0 amide bonds. The summed E-state index contributed by atoms with van der Waals surface area (Å²) in [6, 6.07) is -0.804. The molecule has 2 aliphatic rings. The minimum absolute atomic E-state index is 0.0704. The Hall–Kier alpha value is -0.440. The van der Waals surface area contributed by atoms with Crippen LogP contribution in [0.4, 0.5) is 0 Å². The van der Waals surface area contributed by atoms with Gasteiger partial charge in [-0.1, -0.05) is 0 Å². The lowest BCUT2D eigenvalue weighted by atomic mass is 9.95. The maximum absolute atomic E-state index is 10.3. The van der Waals surface area contributed by atoms with Crippen molar-refractivity contribution in [3.05, 3.63) is 0 Å². The second kappa shape index (κ2) is 11.8. The molecule has 2 aliphatic heterocycles.